The highest BCUT2D eigenvalue weighted by Crippen LogP contribution is 2.29. The van der Waals surface area contributed by atoms with E-state index in [-0.39, 0.29) is 17.3 Å². The van der Waals surface area contributed by atoms with Gasteiger partial charge in [0.15, 0.2) is 17.5 Å². The van der Waals surface area contributed by atoms with Gasteiger partial charge in [0.1, 0.15) is 11.4 Å². The molecule has 0 unspecified atom stereocenters. The summed E-state index contributed by atoms with van der Waals surface area (Å²) in [4.78, 5) is 28.2. The number of rotatable bonds is 4. The molecule has 0 aliphatic carbocycles. The van der Waals surface area contributed by atoms with Crippen molar-refractivity contribution in [1.29, 1.82) is 0 Å². The van der Waals surface area contributed by atoms with Crippen LogP contribution in [0.3, 0.4) is 0 Å². The number of anilines is 2. The van der Waals surface area contributed by atoms with E-state index in [0.717, 1.165) is 5.52 Å². The van der Waals surface area contributed by atoms with E-state index in [1.54, 1.807) is 18.2 Å². The maximum absolute atomic E-state index is 12.5. The zero-order valence-electron chi connectivity index (χ0n) is 14.7. The number of carbonyl (C=O) groups is 1. The lowest BCUT2D eigenvalue weighted by molar-refractivity contribution is 0.101. The monoisotopic (exact) mass is 394 g/mol. The molecule has 1 amide bonds. The molecule has 0 spiro atoms. The first kappa shape index (κ1) is 17.7. The lowest BCUT2D eigenvalue weighted by atomic mass is 10.2. The van der Waals surface area contributed by atoms with Gasteiger partial charge >= 0.3 is 0 Å². The number of nitrogens with one attached hydrogen (secondary N) is 2. The van der Waals surface area contributed by atoms with Crippen LogP contribution in [0.1, 0.15) is 10.6 Å². The summed E-state index contributed by atoms with van der Waals surface area (Å²) in [6.45, 7) is 0. The zero-order valence-corrected chi connectivity index (χ0v) is 15.5. The fourth-order valence-electron chi connectivity index (χ4n) is 2.68. The van der Waals surface area contributed by atoms with Crippen LogP contribution in [-0.4, -0.2) is 33.0 Å². The maximum atomic E-state index is 12.5. The Morgan fingerprint density at radius 3 is 2.75 bits per heavy atom. The number of benzene rings is 2. The molecule has 4 N–H and O–H groups in total. The smallest absolute Gasteiger partial charge is 0.291 e. The van der Waals surface area contributed by atoms with Crippen molar-refractivity contribution in [3.63, 3.8) is 0 Å². The Hall–Kier alpha value is -3.65. The summed E-state index contributed by atoms with van der Waals surface area (Å²) in [7, 11) is 1.54. The summed E-state index contributed by atoms with van der Waals surface area (Å²) >= 11 is 6.14. The van der Waals surface area contributed by atoms with Gasteiger partial charge in [0.25, 0.3) is 5.91 Å². The molecule has 2 heterocycles. The van der Waals surface area contributed by atoms with Gasteiger partial charge in [-0.05, 0) is 30.3 Å². The Labute approximate surface area is 164 Å². The largest absolute Gasteiger partial charge is 0.495 e. The van der Waals surface area contributed by atoms with Crippen molar-refractivity contribution in [1.82, 2.24) is 19.9 Å². The number of H-pyrrole nitrogens is 1. The highest BCUT2D eigenvalue weighted by molar-refractivity contribution is 6.32. The second-order valence-electron chi connectivity index (χ2n) is 5.90. The first-order chi connectivity index (χ1) is 13.5. The SMILES string of the molecule is COc1ccc(-c2ncc(NC(=O)c3nc4ccccc4[nH]3)c(N)n2)cc1Cl. The van der Waals surface area contributed by atoms with E-state index in [1.807, 2.05) is 24.3 Å². The number of nitrogens with zero attached hydrogens (tertiary/aromatic N) is 3. The van der Waals surface area contributed by atoms with Crippen LogP contribution in [-0.2, 0) is 0 Å². The number of nitrogen functional groups attached to an aromatic ring is 1. The molecule has 0 aliphatic rings. The number of hydrogen-bond donors (Lipinski definition) is 3. The van der Waals surface area contributed by atoms with E-state index >= 15 is 0 Å². The van der Waals surface area contributed by atoms with Crippen LogP contribution in [0.15, 0.2) is 48.7 Å². The number of para-hydroxylation sites is 2. The molecule has 0 saturated carbocycles. The maximum Gasteiger partial charge on any atom is 0.291 e. The first-order valence-corrected chi connectivity index (χ1v) is 8.65. The van der Waals surface area contributed by atoms with Crippen molar-refractivity contribution in [2.24, 2.45) is 0 Å². The van der Waals surface area contributed by atoms with Gasteiger partial charge in [0.05, 0.1) is 29.4 Å². The van der Waals surface area contributed by atoms with E-state index in [9.17, 15) is 4.79 Å². The zero-order chi connectivity index (χ0) is 19.7. The van der Waals surface area contributed by atoms with Crippen molar-refractivity contribution >= 4 is 40.0 Å². The average molecular weight is 395 g/mol. The molecule has 2 aromatic heterocycles. The topological polar surface area (TPSA) is 119 Å². The minimum Gasteiger partial charge on any atom is -0.495 e. The molecule has 2 aromatic carbocycles. The number of aromatic nitrogens is 4. The highest BCUT2D eigenvalue weighted by atomic mass is 35.5. The van der Waals surface area contributed by atoms with Crippen LogP contribution in [0.25, 0.3) is 22.4 Å². The molecule has 4 rings (SSSR count). The lowest BCUT2D eigenvalue weighted by Crippen LogP contribution is -2.15. The molecule has 28 heavy (non-hydrogen) atoms. The number of hydrogen-bond acceptors (Lipinski definition) is 6. The van der Waals surface area contributed by atoms with Crippen molar-refractivity contribution in [3.8, 4) is 17.1 Å². The Morgan fingerprint density at radius 1 is 1.21 bits per heavy atom. The second-order valence-corrected chi connectivity index (χ2v) is 6.31. The summed E-state index contributed by atoms with van der Waals surface area (Å²) in [5.41, 5.74) is 8.42. The molecule has 0 bridgehead atoms. The molecule has 0 atom stereocenters. The number of imidazole rings is 1. The van der Waals surface area contributed by atoms with Gasteiger partial charge in [-0.2, -0.15) is 0 Å². The van der Waals surface area contributed by atoms with E-state index in [1.165, 1.54) is 13.3 Å². The minimum atomic E-state index is -0.438. The van der Waals surface area contributed by atoms with E-state index in [4.69, 9.17) is 22.1 Å². The number of amides is 1. The molecule has 0 radical (unpaired) electrons. The predicted octanol–water partition coefficient (Wildman–Crippen LogP) is 3.52. The van der Waals surface area contributed by atoms with E-state index < -0.39 is 5.91 Å². The van der Waals surface area contributed by atoms with Crippen molar-refractivity contribution in [2.45, 2.75) is 0 Å². The van der Waals surface area contributed by atoms with E-state index in [0.29, 0.717) is 27.7 Å². The van der Waals surface area contributed by atoms with Crippen molar-refractivity contribution in [3.05, 3.63) is 59.5 Å². The van der Waals surface area contributed by atoms with Crippen LogP contribution in [0.2, 0.25) is 5.02 Å². The summed E-state index contributed by atoms with van der Waals surface area (Å²) in [5.74, 6) is 0.789. The number of ether oxygens (including phenoxy) is 1. The highest BCUT2D eigenvalue weighted by Gasteiger charge is 2.15. The van der Waals surface area contributed by atoms with E-state index in [2.05, 4.69) is 25.3 Å². The van der Waals surface area contributed by atoms with Crippen LogP contribution < -0.4 is 15.8 Å². The summed E-state index contributed by atoms with van der Waals surface area (Å²) in [6, 6.07) is 12.5. The molecule has 140 valence electrons. The number of methoxy groups -OCH3 is 1. The number of halogens is 1. The summed E-state index contributed by atoms with van der Waals surface area (Å²) < 4.78 is 5.13. The normalized spacial score (nSPS) is 10.8. The molecule has 0 fully saturated rings. The second kappa shape index (κ2) is 7.16. The third-order valence-electron chi connectivity index (χ3n) is 4.08. The van der Waals surface area contributed by atoms with Crippen LogP contribution in [0, 0.1) is 0 Å². The summed E-state index contributed by atoms with van der Waals surface area (Å²) in [6.07, 6.45) is 1.44. The van der Waals surface area contributed by atoms with Gasteiger partial charge in [0.2, 0.25) is 0 Å². The quantitative estimate of drug-likeness (QED) is 0.487. The van der Waals surface area contributed by atoms with Crippen LogP contribution in [0.4, 0.5) is 11.5 Å². The molecule has 9 heteroatoms. The Kier molecular flexibility index (Phi) is 4.54. The minimum absolute atomic E-state index is 0.126. The Morgan fingerprint density at radius 2 is 2.04 bits per heavy atom. The Bertz CT molecular complexity index is 1160. The van der Waals surface area contributed by atoms with Crippen LogP contribution >= 0.6 is 11.6 Å². The Balaban J connectivity index is 1.57. The third kappa shape index (κ3) is 3.33. The molecule has 0 aliphatic heterocycles. The van der Waals surface area contributed by atoms with Gasteiger partial charge in [-0.3, -0.25) is 4.79 Å². The van der Waals surface area contributed by atoms with Gasteiger partial charge in [-0.1, -0.05) is 23.7 Å². The number of carbonyl (C=O) groups excluding carboxylic acids is 1. The van der Waals surface area contributed by atoms with Crippen molar-refractivity contribution in [2.75, 3.05) is 18.2 Å². The van der Waals surface area contributed by atoms with Gasteiger partial charge in [-0.25, -0.2) is 15.0 Å². The van der Waals surface area contributed by atoms with Gasteiger partial charge in [0, 0.05) is 5.56 Å². The number of fused-ring (bicyclic) bond motifs is 1. The average Bonchev–Trinajstić information content (AvgIpc) is 3.14. The number of nitrogens with two attached hydrogens (primary N) is 1. The molecular formula is C19H15ClN6O2. The first-order valence-electron chi connectivity index (χ1n) is 8.27. The lowest BCUT2D eigenvalue weighted by Gasteiger charge is -2.09. The standard InChI is InChI=1S/C19H15ClN6O2/c1-28-15-7-6-10(8-11(15)20)17-22-9-14(16(21)26-17)25-19(27)18-23-12-4-2-3-5-13(12)24-18/h2-9H,1H3,(H,23,24)(H,25,27)(H2,21,22,26). The summed E-state index contributed by atoms with van der Waals surface area (Å²) in [5, 5.41) is 3.10. The number of aromatic amines is 1. The molecule has 8 nitrogen and oxygen atoms in total. The third-order valence-corrected chi connectivity index (χ3v) is 4.38. The molecule has 4 aromatic rings. The van der Waals surface area contributed by atoms with Crippen LogP contribution in [0.5, 0.6) is 5.75 Å². The molecule has 0 saturated heterocycles. The predicted molar refractivity (Wildman–Crippen MR) is 107 cm³/mol. The molecular weight excluding hydrogens is 380 g/mol. The fraction of sp³-hybridized carbons (Fsp3) is 0.0526. The fourth-order valence-corrected chi connectivity index (χ4v) is 2.94. The van der Waals surface area contributed by atoms with Gasteiger partial charge < -0.3 is 20.8 Å². The van der Waals surface area contributed by atoms with Crippen molar-refractivity contribution < 1.29 is 9.53 Å². The van der Waals surface area contributed by atoms with Gasteiger partial charge in [-0.15, -0.1) is 0 Å².